The standard InChI is InChI=1S/C29H37N5O5/c1-16(27(30)35)39-32-26(29(37)38)25-28(36)34(22-10-3-2-9-21(22)31-25)24-15-19-8-5-11-23(24)33(19)20-13-17-6-4-7-18(12-17)14-20/h2-3,9-10,16-20,23-24H,4-8,11-15H2,1H3,(H2,30,35)(H,37,38)/b32-26-/t16?,17?,18?,19-,20?,23+,24+/m0/s1. The van der Waals surface area contributed by atoms with Crippen molar-refractivity contribution in [2.24, 2.45) is 22.7 Å². The first-order valence-electron chi connectivity index (χ1n) is 14.4. The van der Waals surface area contributed by atoms with E-state index < -0.39 is 29.3 Å². The Labute approximate surface area is 227 Å². The summed E-state index contributed by atoms with van der Waals surface area (Å²) < 4.78 is 1.78. The lowest BCUT2D eigenvalue weighted by Crippen LogP contribution is -2.51. The smallest absolute Gasteiger partial charge is 0.360 e. The van der Waals surface area contributed by atoms with Crippen molar-refractivity contribution < 1.29 is 19.5 Å². The van der Waals surface area contributed by atoms with Crippen molar-refractivity contribution in [1.29, 1.82) is 0 Å². The van der Waals surface area contributed by atoms with Gasteiger partial charge in [0.15, 0.2) is 5.69 Å². The number of oxime groups is 1. The molecule has 3 heterocycles. The highest BCUT2D eigenvalue weighted by molar-refractivity contribution is 6.41. The van der Waals surface area contributed by atoms with Gasteiger partial charge in [-0.05, 0) is 69.4 Å². The van der Waals surface area contributed by atoms with E-state index in [-0.39, 0.29) is 17.8 Å². The molecular formula is C29H37N5O5. The molecule has 208 valence electrons. The van der Waals surface area contributed by atoms with E-state index in [2.05, 4.69) is 15.0 Å². The summed E-state index contributed by atoms with van der Waals surface area (Å²) in [5, 5.41) is 13.6. The summed E-state index contributed by atoms with van der Waals surface area (Å²) in [7, 11) is 0. The van der Waals surface area contributed by atoms with E-state index in [0.717, 1.165) is 37.5 Å². The zero-order valence-electron chi connectivity index (χ0n) is 22.4. The van der Waals surface area contributed by atoms with Crippen LogP contribution in [0.2, 0.25) is 0 Å². The molecule has 39 heavy (non-hydrogen) atoms. The average molecular weight is 536 g/mol. The zero-order chi connectivity index (χ0) is 27.3. The molecule has 1 amide bonds. The van der Waals surface area contributed by atoms with Gasteiger partial charge in [0.05, 0.1) is 17.1 Å². The second-order valence-electron chi connectivity index (χ2n) is 11.9. The fraction of sp³-hybridized carbons (Fsp3) is 0.621. The molecule has 4 bridgehead atoms. The van der Waals surface area contributed by atoms with Crippen molar-refractivity contribution >= 4 is 28.6 Å². The molecule has 2 aromatic rings. The first-order chi connectivity index (χ1) is 18.8. The number of fused-ring (bicyclic) bond motifs is 5. The quantitative estimate of drug-likeness (QED) is 0.410. The first kappa shape index (κ1) is 26.0. The van der Waals surface area contributed by atoms with Crippen LogP contribution < -0.4 is 11.3 Å². The molecule has 1 aromatic heterocycles. The third kappa shape index (κ3) is 4.73. The predicted molar refractivity (Wildman–Crippen MR) is 145 cm³/mol. The minimum Gasteiger partial charge on any atom is -0.476 e. The Morgan fingerprint density at radius 3 is 2.46 bits per heavy atom. The summed E-state index contributed by atoms with van der Waals surface area (Å²) in [6.45, 7) is 1.37. The second kappa shape index (κ2) is 10.4. The van der Waals surface area contributed by atoms with E-state index in [0.29, 0.717) is 23.1 Å². The maximum Gasteiger partial charge on any atom is 0.360 e. The van der Waals surface area contributed by atoms with E-state index in [1.807, 2.05) is 18.2 Å². The fourth-order valence-corrected chi connectivity index (χ4v) is 7.99. The lowest BCUT2D eigenvalue weighted by molar-refractivity contribution is -0.131. The Balaban J connectivity index is 1.42. The van der Waals surface area contributed by atoms with Crippen LogP contribution >= 0.6 is 0 Å². The number of para-hydroxylation sites is 2. The Bertz CT molecular complexity index is 1360. The summed E-state index contributed by atoms with van der Waals surface area (Å²) in [4.78, 5) is 50.0. The summed E-state index contributed by atoms with van der Waals surface area (Å²) >= 11 is 0. The van der Waals surface area contributed by atoms with Gasteiger partial charge in [0.2, 0.25) is 11.8 Å². The Morgan fingerprint density at radius 1 is 1.03 bits per heavy atom. The third-order valence-electron chi connectivity index (χ3n) is 9.58. The number of benzene rings is 1. The third-order valence-corrected chi connectivity index (χ3v) is 9.58. The van der Waals surface area contributed by atoms with Gasteiger partial charge < -0.3 is 20.2 Å². The molecule has 2 saturated carbocycles. The minimum atomic E-state index is -1.46. The molecule has 6 rings (SSSR count). The number of nitrogens with two attached hydrogens (primary N) is 1. The van der Waals surface area contributed by atoms with Crippen molar-refractivity contribution in [2.75, 3.05) is 0 Å². The van der Waals surface area contributed by atoms with Gasteiger partial charge in [-0.15, -0.1) is 0 Å². The number of primary amides is 1. The number of carbonyl (C=O) groups is 2. The second-order valence-corrected chi connectivity index (χ2v) is 11.9. The number of rotatable bonds is 7. The molecular weight excluding hydrogens is 498 g/mol. The van der Waals surface area contributed by atoms with Crippen LogP contribution in [0.1, 0.15) is 82.9 Å². The average Bonchev–Trinajstić information content (AvgIpc) is 3.13. The Kier molecular flexibility index (Phi) is 6.91. The number of carboxylic acids is 1. The molecule has 10 nitrogen and oxygen atoms in total. The Hall–Kier alpha value is -3.27. The molecule has 10 heteroatoms. The maximum atomic E-state index is 14.1. The predicted octanol–water partition coefficient (Wildman–Crippen LogP) is 3.21. The maximum absolute atomic E-state index is 14.1. The van der Waals surface area contributed by atoms with Crippen LogP contribution in [-0.2, 0) is 14.4 Å². The van der Waals surface area contributed by atoms with Gasteiger partial charge in [0.1, 0.15) is 0 Å². The fourth-order valence-electron chi connectivity index (χ4n) is 7.99. The highest BCUT2D eigenvalue weighted by Crippen LogP contribution is 2.49. The Morgan fingerprint density at radius 2 is 1.74 bits per heavy atom. The molecule has 2 saturated heterocycles. The lowest BCUT2D eigenvalue weighted by Gasteiger charge is -2.48. The van der Waals surface area contributed by atoms with E-state index in [9.17, 15) is 19.5 Å². The monoisotopic (exact) mass is 535 g/mol. The molecule has 0 radical (unpaired) electrons. The van der Waals surface area contributed by atoms with E-state index >= 15 is 0 Å². The largest absolute Gasteiger partial charge is 0.476 e. The van der Waals surface area contributed by atoms with Crippen LogP contribution in [0.25, 0.3) is 11.0 Å². The molecule has 1 aromatic carbocycles. The molecule has 3 N–H and O–H groups in total. The number of nitrogens with zero attached hydrogens (tertiary/aromatic N) is 4. The van der Waals surface area contributed by atoms with Gasteiger partial charge >= 0.3 is 5.97 Å². The molecule has 2 aliphatic heterocycles. The molecule has 6 atom stereocenters. The van der Waals surface area contributed by atoms with Crippen LogP contribution in [0, 0.1) is 11.8 Å². The van der Waals surface area contributed by atoms with E-state index in [1.54, 1.807) is 10.6 Å². The highest BCUT2D eigenvalue weighted by Gasteiger charge is 2.49. The molecule has 3 unspecified atom stereocenters. The van der Waals surface area contributed by atoms with Crippen LogP contribution in [-0.4, -0.2) is 61.4 Å². The van der Waals surface area contributed by atoms with Gasteiger partial charge in [-0.3, -0.25) is 14.5 Å². The van der Waals surface area contributed by atoms with Crippen LogP contribution in [0.5, 0.6) is 0 Å². The number of carboxylic acid groups (broad SMARTS) is 1. The molecule has 0 spiro atoms. The number of carbonyl (C=O) groups excluding carboxylic acids is 1. The number of piperidine rings is 1. The summed E-state index contributed by atoms with van der Waals surface area (Å²) in [5.74, 6) is -0.623. The van der Waals surface area contributed by atoms with Gasteiger partial charge in [0.25, 0.3) is 11.5 Å². The first-order valence-corrected chi connectivity index (χ1v) is 14.4. The minimum absolute atomic E-state index is 0.0843. The normalized spacial score (nSPS) is 31.7. The number of hydrogen-bond donors (Lipinski definition) is 2. The van der Waals surface area contributed by atoms with Crippen molar-refractivity contribution in [3.8, 4) is 0 Å². The van der Waals surface area contributed by atoms with Crippen LogP contribution in [0.3, 0.4) is 0 Å². The van der Waals surface area contributed by atoms with Gasteiger partial charge in [-0.25, -0.2) is 9.78 Å². The van der Waals surface area contributed by atoms with Gasteiger partial charge in [-0.1, -0.05) is 43.0 Å². The summed E-state index contributed by atoms with van der Waals surface area (Å²) in [6, 6.07) is 8.47. The number of amides is 1. The van der Waals surface area contributed by atoms with E-state index in [4.69, 9.17) is 10.6 Å². The van der Waals surface area contributed by atoms with Crippen molar-refractivity contribution in [1.82, 2.24) is 14.5 Å². The van der Waals surface area contributed by atoms with Crippen molar-refractivity contribution in [2.45, 2.75) is 101 Å². The molecule has 4 aliphatic rings. The molecule has 4 fully saturated rings. The molecule has 2 aliphatic carbocycles. The van der Waals surface area contributed by atoms with Crippen LogP contribution in [0.4, 0.5) is 0 Å². The summed E-state index contributed by atoms with van der Waals surface area (Å²) in [6.07, 6.45) is 10.9. The SMILES string of the molecule is CC(O/N=C(\C(=O)O)c1nc2ccccc2n([C@@H]2C[C@@H]3CCC[C@H]2N3C2CC3CCCC(C3)C2)c1=O)C(N)=O. The number of aliphatic carboxylic acids is 1. The highest BCUT2D eigenvalue weighted by atomic mass is 16.6. The van der Waals surface area contributed by atoms with Crippen molar-refractivity contribution in [3.63, 3.8) is 0 Å². The van der Waals surface area contributed by atoms with E-state index in [1.165, 1.54) is 45.4 Å². The van der Waals surface area contributed by atoms with Gasteiger partial charge in [-0.2, -0.15) is 0 Å². The zero-order valence-corrected chi connectivity index (χ0v) is 22.4. The topological polar surface area (TPSA) is 140 Å². The number of hydrogen-bond acceptors (Lipinski definition) is 7. The van der Waals surface area contributed by atoms with Crippen LogP contribution in [0.15, 0.2) is 34.2 Å². The van der Waals surface area contributed by atoms with Gasteiger partial charge in [0, 0.05) is 18.1 Å². The number of aromatic nitrogens is 2. The summed E-state index contributed by atoms with van der Waals surface area (Å²) in [5.41, 5.74) is 5.02. The lowest BCUT2D eigenvalue weighted by atomic mass is 9.69. The van der Waals surface area contributed by atoms with Crippen molar-refractivity contribution in [3.05, 3.63) is 40.3 Å².